The first-order valence-electron chi connectivity index (χ1n) is 4.54. The number of nitrogens with one attached hydrogen (secondary N) is 1. The molecule has 3 nitrogen and oxygen atoms in total. The molecule has 0 aromatic carbocycles. The number of hydrogen-bond donors (Lipinski definition) is 2. The van der Waals surface area contributed by atoms with E-state index in [1.54, 1.807) is 0 Å². The number of carboxylic acid groups (broad SMARTS) is 1. The molecule has 0 aliphatic carbocycles. The fraction of sp³-hybridized carbons (Fsp3) is 0.889. The molecule has 0 heterocycles. The van der Waals surface area contributed by atoms with Crippen molar-refractivity contribution < 1.29 is 9.90 Å². The van der Waals surface area contributed by atoms with Crippen molar-refractivity contribution in [1.82, 2.24) is 5.32 Å². The van der Waals surface area contributed by atoms with Crippen LogP contribution >= 0.6 is 0 Å². The summed E-state index contributed by atoms with van der Waals surface area (Å²) in [5.74, 6) is -0.312. The highest BCUT2D eigenvalue weighted by atomic mass is 16.4. The molecule has 0 unspecified atom stereocenters. The van der Waals surface area contributed by atoms with Gasteiger partial charge in [0.15, 0.2) is 0 Å². The van der Waals surface area contributed by atoms with Crippen molar-refractivity contribution in [2.45, 2.75) is 39.7 Å². The monoisotopic (exact) mass is 173 g/mol. The Morgan fingerprint density at radius 3 is 2.42 bits per heavy atom. The summed E-state index contributed by atoms with van der Waals surface area (Å²) in [6.45, 7) is 6.87. The van der Waals surface area contributed by atoms with E-state index in [0.29, 0.717) is 12.3 Å². The zero-order valence-electron chi connectivity index (χ0n) is 8.13. The van der Waals surface area contributed by atoms with E-state index in [1.807, 2.05) is 20.8 Å². The average Bonchev–Trinajstić information content (AvgIpc) is 1.96. The molecule has 3 heteroatoms. The summed E-state index contributed by atoms with van der Waals surface area (Å²) in [5.41, 5.74) is 0. The molecule has 1 atom stereocenters. The first-order chi connectivity index (χ1) is 5.57. The lowest BCUT2D eigenvalue weighted by Crippen LogP contribution is -2.38. The number of hydrogen-bond acceptors (Lipinski definition) is 2. The van der Waals surface area contributed by atoms with Gasteiger partial charge in [-0.15, -0.1) is 0 Å². The van der Waals surface area contributed by atoms with E-state index in [4.69, 9.17) is 5.11 Å². The van der Waals surface area contributed by atoms with Crippen LogP contribution in [0.3, 0.4) is 0 Å². The number of carbonyl (C=O) groups is 1. The van der Waals surface area contributed by atoms with Gasteiger partial charge in [0.1, 0.15) is 6.04 Å². The Morgan fingerprint density at radius 1 is 1.50 bits per heavy atom. The molecule has 0 radical (unpaired) electrons. The van der Waals surface area contributed by atoms with Crippen molar-refractivity contribution in [2.24, 2.45) is 5.92 Å². The second-order valence-corrected chi connectivity index (χ2v) is 3.47. The Morgan fingerprint density at radius 2 is 2.08 bits per heavy atom. The van der Waals surface area contributed by atoms with E-state index in [2.05, 4.69) is 5.32 Å². The molecule has 0 saturated carbocycles. The van der Waals surface area contributed by atoms with Crippen molar-refractivity contribution in [2.75, 3.05) is 6.54 Å². The minimum atomic E-state index is -0.739. The van der Waals surface area contributed by atoms with Gasteiger partial charge in [-0.25, -0.2) is 0 Å². The van der Waals surface area contributed by atoms with Crippen LogP contribution in [0.2, 0.25) is 0 Å². The third-order valence-corrected chi connectivity index (χ3v) is 1.65. The molecule has 0 aliphatic rings. The number of rotatable bonds is 6. The highest BCUT2D eigenvalue weighted by Gasteiger charge is 2.16. The lowest BCUT2D eigenvalue weighted by atomic mass is 10.0. The van der Waals surface area contributed by atoms with Crippen molar-refractivity contribution in [1.29, 1.82) is 0 Å². The third-order valence-electron chi connectivity index (χ3n) is 1.65. The van der Waals surface area contributed by atoms with Gasteiger partial charge in [-0.05, 0) is 25.3 Å². The van der Waals surface area contributed by atoms with Gasteiger partial charge < -0.3 is 10.4 Å². The Kier molecular flexibility index (Phi) is 5.72. The normalized spacial score (nSPS) is 13.3. The zero-order chi connectivity index (χ0) is 9.56. The van der Waals surface area contributed by atoms with Gasteiger partial charge in [0.05, 0.1) is 0 Å². The van der Waals surface area contributed by atoms with Gasteiger partial charge >= 0.3 is 5.97 Å². The van der Waals surface area contributed by atoms with Crippen LogP contribution in [0.25, 0.3) is 0 Å². The fourth-order valence-electron chi connectivity index (χ4n) is 1.06. The minimum absolute atomic E-state index is 0.370. The van der Waals surface area contributed by atoms with Crippen molar-refractivity contribution in [3.05, 3.63) is 0 Å². The quantitative estimate of drug-likeness (QED) is 0.639. The number of aliphatic carboxylic acids is 1. The second kappa shape index (κ2) is 6.00. The molecule has 0 aliphatic heterocycles. The van der Waals surface area contributed by atoms with E-state index in [1.165, 1.54) is 0 Å². The van der Waals surface area contributed by atoms with Crippen LogP contribution in [0.15, 0.2) is 0 Å². The highest BCUT2D eigenvalue weighted by Crippen LogP contribution is 2.04. The molecule has 72 valence electrons. The summed E-state index contributed by atoms with van der Waals surface area (Å²) in [6, 6.07) is -0.370. The van der Waals surface area contributed by atoms with E-state index in [0.717, 1.165) is 13.0 Å². The summed E-state index contributed by atoms with van der Waals surface area (Å²) in [5, 5.41) is 11.8. The molecule has 0 spiro atoms. The van der Waals surface area contributed by atoms with Crippen LogP contribution in [0, 0.1) is 5.92 Å². The standard InChI is InChI=1S/C9H19NO2/c1-4-5-10-8(9(11)12)6-7(2)3/h7-8,10H,4-6H2,1-3H3,(H,11,12)/t8-/m0/s1. The van der Waals surface area contributed by atoms with Crippen LogP contribution in [0.1, 0.15) is 33.6 Å². The minimum Gasteiger partial charge on any atom is -0.480 e. The summed E-state index contributed by atoms with van der Waals surface area (Å²) in [6.07, 6.45) is 1.68. The first-order valence-corrected chi connectivity index (χ1v) is 4.54. The van der Waals surface area contributed by atoms with E-state index in [9.17, 15) is 4.79 Å². The summed E-state index contributed by atoms with van der Waals surface area (Å²) in [7, 11) is 0. The van der Waals surface area contributed by atoms with E-state index < -0.39 is 5.97 Å². The van der Waals surface area contributed by atoms with Gasteiger partial charge in [0.2, 0.25) is 0 Å². The highest BCUT2D eigenvalue weighted by molar-refractivity contribution is 5.73. The summed E-state index contributed by atoms with van der Waals surface area (Å²) >= 11 is 0. The van der Waals surface area contributed by atoms with Gasteiger partial charge in [-0.3, -0.25) is 4.79 Å². The van der Waals surface area contributed by atoms with Crippen LogP contribution in [0.4, 0.5) is 0 Å². The number of carboxylic acids is 1. The smallest absolute Gasteiger partial charge is 0.320 e. The molecule has 0 rings (SSSR count). The second-order valence-electron chi connectivity index (χ2n) is 3.47. The first kappa shape index (κ1) is 11.4. The molecular formula is C9H19NO2. The van der Waals surface area contributed by atoms with Crippen LogP contribution < -0.4 is 5.32 Å². The van der Waals surface area contributed by atoms with E-state index >= 15 is 0 Å². The van der Waals surface area contributed by atoms with E-state index in [-0.39, 0.29) is 6.04 Å². The summed E-state index contributed by atoms with van der Waals surface area (Å²) < 4.78 is 0. The molecule has 0 amide bonds. The van der Waals surface area contributed by atoms with Gasteiger partial charge in [0.25, 0.3) is 0 Å². The molecule has 0 aromatic heterocycles. The maximum atomic E-state index is 10.7. The van der Waals surface area contributed by atoms with Gasteiger partial charge in [0, 0.05) is 0 Å². The maximum absolute atomic E-state index is 10.7. The Bertz CT molecular complexity index is 134. The largest absolute Gasteiger partial charge is 0.480 e. The topological polar surface area (TPSA) is 49.3 Å². The summed E-state index contributed by atoms with van der Waals surface area (Å²) in [4.78, 5) is 10.7. The molecule has 0 bridgehead atoms. The van der Waals surface area contributed by atoms with Crippen LogP contribution in [-0.2, 0) is 4.79 Å². The Balaban J connectivity index is 3.78. The predicted octanol–water partition coefficient (Wildman–Crippen LogP) is 1.49. The molecule has 0 saturated heterocycles. The Hall–Kier alpha value is -0.570. The average molecular weight is 173 g/mol. The van der Waals surface area contributed by atoms with Crippen molar-refractivity contribution in [3.63, 3.8) is 0 Å². The molecular weight excluding hydrogens is 154 g/mol. The molecule has 12 heavy (non-hydrogen) atoms. The van der Waals surface area contributed by atoms with Gasteiger partial charge in [-0.2, -0.15) is 0 Å². The van der Waals surface area contributed by atoms with Crippen LogP contribution in [-0.4, -0.2) is 23.7 Å². The third kappa shape index (κ3) is 5.13. The fourth-order valence-corrected chi connectivity index (χ4v) is 1.06. The van der Waals surface area contributed by atoms with Crippen molar-refractivity contribution in [3.8, 4) is 0 Å². The molecule has 0 fully saturated rings. The SMILES string of the molecule is CCCN[C@@H](CC(C)C)C(=O)O. The molecule has 0 aromatic rings. The maximum Gasteiger partial charge on any atom is 0.320 e. The zero-order valence-corrected chi connectivity index (χ0v) is 8.13. The lowest BCUT2D eigenvalue weighted by molar-refractivity contribution is -0.139. The lowest BCUT2D eigenvalue weighted by Gasteiger charge is -2.15. The van der Waals surface area contributed by atoms with Crippen LogP contribution in [0.5, 0.6) is 0 Å². The Labute approximate surface area is 74.2 Å². The van der Waals surface area contributed by atoms with Crippen molar-refractivity contribution >= 4 is 5.97 Å². The molecule has 2 N–H and O–H groups in total. The predicted molar refractivity (Wildman–Crippen MR) is 49.2 cm³/mol. The van der Waals surface area contributed by atoms with Gasteiger partial charge in [-0.1, -0.05) is 20.8 Å².